The van der Waals surface area contributed by atoms with E-state index in [0.29, 0.717) is 0 Å². The molecule has 3 heterocycles. The summed E-state index contributed by atoms with van der Waals surface area (Å²) in [6, 6.07) is 0.158. The Hall–Kier alpha value is -1.60. The molecule has 0 bridgehead atoms. The molecule has 1 aliphatic rings. The molecule has 23 heavy (non-hydrogen) atoms. The number of rotatable bonds is 3. The minimum atomic E-state index is -0.784. The molecule has 1 saturated heterocycles. The van der Waals surface area contributed by atoms with Crippen molar-refractivity contribution in [1.29, 1.82) is 0 Å². The summed E-state index contributed by atoms with van der Waals surface area (Å²) in [5, 5.41) is 0.942. The van der Waals surface area contributed by atoms with Gasteiger partial charge < -0.3 is 21.4 Å². The van der Waals surface area contributed by atoms with Gasteiger partial charge in [-0.05, 0) is 48.2 Å². The van der Waals surface area contributed by atoms with Gasteiger partial charge >= 0.3 is 0 Å². The van der Waals surface area contributed by atoms with Crippen LogP contribution in [0.4, 0.5) is 5.69 Å². The van der Waals surface area contributed by atoms with Gasteiger partial charge in [-0.25, -0.2) is 4.98 Å². The van der Waals surface area contributed by atoms with Crippen LogP contribution in [0, 0.1) is 0 Å². The van der Waals surface area contributed by atoms with E-state index >= 15 is 0 Å². The average Bonchev–Trinajstić information content (AvgIpc) is 2.91. The topological polar surface area (TPSA) is 101 Å². The van der Waals surface area contributed by atoms with Crippen molar-refractivity contribution in [3.8, 4) is 0 Å². The zero-order valence-corrected chi connectivity index (χ0v) is 15.0. The molecule has 1 amide bonds. The predicted octanol–water partition coefficient (Wildman–Crippen LogP) is 2.02. The summed E-state index contributed by atoms with van der Waals surface area (Å²) >= 11 is 3.62. The molecule has 1 aliphatic heterocycles. The van der Waals surface area contributed by atoms with E-state index in [0.717, 1.165) is 52.7 Å². The molecule has 1 fully saturated rings. The van der Waals surface area contributed by atoms with Crippen molar-refractivity contribution in [2.45, 2.75) is 38.1 Å². The summed E-state index contributed by atoms with van der Waals surface area (Å²) in [5.41, 5.74) is 13.6. The van der Waals surface area contributed by atoms with Crippen LogP contribution >= 0.6 is 15.9 Å². The number of nitrogens with zero attached hydrogens (tertiary/aromatic N) is 2. The summed E-state index contributed by atoms with van der Waals surface area (Å²) < 4.78 is 0.903. The lowest BCUT2D eigenvalue weighted by atomic mass is 9.83. The maximum absolute atomic E-state index is 11.9. The van der Waals surface area contributed by atoms with Gasteiger partial charge in [0.05, 0.1) is 15.6 Å². The third-order valence-electron chi connectivity index (χ3n) is 4.69. The van der Waals surface area contributed by atoms with Crippen molar-refractivity contribution in [2.75, 3.05) is 18.0 Å². The molecule has 0 spiro atoms. The molecule has 2 aromatic rings. The van der Waals surface area contributed by atoms with E-state index in [1.165, 1.54) is 0 Å². The molecule has 0 aromatic carbocycles. The van der Waals surface area contributed by atoms with Crippen molar-refractivity contribution in [1.82, 2.24) is 9.97 Å². The van der Waals surface area contributed by atoms with E-state index in [2.05, 4.69) is 30.8 Å². The van der Waals surface area contributed by atoms with Gasteiger partial charge in [-0.2, -0.15) is 0 Å². The van der Waals surface area contributed by atoms with Crippen molar-refractivity contribution in [3.63, 3.8) is 0 Å². The normalized spacial score (nSPS) is 19.3. The smallest absolute Gasteiger partial charge is 0.227 e. The molecule has 3 rings (SSSR count). The van der Waals surface area contributed by atoms with Crippen molar-refractivity contribution in [2.24, 2.45) is 11.5 Å². The lowest BCUT2D eigenvalue weighted by Crippen LogP contribution is -2.43. The van der Waals surface area contributed by atoms with E-state index in [1.54, 1.807) is 6.20 Å². The van der Waals surface area contributed by atoms with Crippen LogP contribution in [0.25, 0.3) is 11.0 Å². The third-order valence-corrected chi connectivity index (χ3v) is 5.27. The number of amides is 1. The lowest BCUT2D eigenvalue weighted by molar-refractivity contribution is -0.122. The number of nitrogens with one attached hydrogen (secondary N) is 1. The Labute approximate surface area is 143 Å². The highest BCUT2D eigenvalue weighted by atomic mass is 79.9. The molecule has 5 N–H and O–H groups in total. The number of pyridine rings is 1. The zero-order chi connectivity index (χ0) is 16.8. The molecule has 0 saturated carbocycles. The Morgan fingerprint density at radius 3 is 2.91 bits per heavy atom. The van der Waals surface area contributed by atoms with Gasteiger partial charge in [-0.1, -0.05) is 0 Å². The summed E-state index contributed by atoms with van der Waals surface area (Å²) in [6.45, 7) is 5.40. The predicted molar refractivity (Wildman–Crippen MR) is 95.4 cm³/mol. The Kier molecular flexibility index (Phi) is 4.10. The van der Waals surface area contributed by atoms with Crippen LogP contribution in [0.1, 0.15) is 32.3 Å². The first-order chi connectivity index (χ1) is 10.8. The second-order valence-corrected chi connectivity index (χ2v) is 7.57. The van der Waals surface area contributed by atoms with Crippen LogP contribution in [0.15, 0.2) is 16.9 Å². The molecule has 0 aliphatic carbocycles. The van der Waals surface area contributed by atoms with Crippen molar-refractivity contribution >= 4 is 38.6 Å². The molecule has 1 unspecified atom stereocenters. The van der Waals surface area contributed by atoms with E-state index in [1.807, 2.05) is 20.0 Å². The van der Waals surface area contributed by atoms with Crippen LogP contribution in [-0.4, -0.2) is 35.0 Å². The first kappa shape index (κ1) is 16.3. The number of anilines is 1. The number of aromatic amines is 1. The quantitative estimate of drug-likeness (QED) is 0.758. The van der Waals surface area contributed by atoms with Gasteiger partial charge in [0, 0.05) is 36.9 Å². The van der Waals surface area contributed by atoms with Crippen molar-refractivity contribution in [3.05, 3.63) is 22.4 Å². The molecule has 6 nitrogen and oxygen atoms in total. The lowest BCUT2D eigenvalue weighted by Gasteiger charge is -2.34. The number of aromatic nitrogens is 2. The highest BCUT2D eigenvalue weighted by Crippen LogP contribution is 2.40. The average molecular weight is 380 g/mol. The maximum Gasteiger partial charge on any atom is 0.227 e. The van der Waals surface area contributed by atoms with Gasteiger partial charge in [-0.15, -0.1) is 0 Å². The third kappa shape index (κ3) is 2.72. The van der Waals surface area contributed by atoms with E-state index in [9.17, 15) is 4.79 Å². The molecule has 0 radical (unpaired) electrons. The van der Waals surface area contributed by atoms with Gasteiger partial charge in [0.1, 0.15) is 5.65 Å². The number of carbonyl (C=O) groups excluding carboxylic acids is 1. The second kappa shape index (κ2) is 5.79. The summed E-state index contributed by atoms with van der Waals surface area (Å²) in [5.74, 6) is -0.361. The number of fused-ring (bicyclic) bond motifs is 1. The summed E-state index contributed by atoms with van der Waals surface area (Å²) in [6.07, 6.45) is 5.71. The molecule has 2 aromatic heterocycles. The van der Waals surface area contributed by atoms with E-state index in [-0.39, 0.29) is 11.9 Å². The Morgan fingerprint density at radius 1 is 1.52 bits per heavy atom. The Balaban J connectivity index is 2.22. The van der Waals surface area contributed by atoms with Crippen LogP contribution in [0.2, 0.25) is 0 Å². The van der Waals surface area contributed by atoms with Gasteiger partial charge in [0.15, 0.2) is 0 Å². The van der Waals surface area contributed by atoms with Gasteiger partial charge in [0.2, 0.25) is 5.91 Å². The number of halogens is 1. The van der Waals surface area contributed by atoms with Crippen LogP contribution in [0.3, 0.4) is 0 Å². The number of hydrogen-bond acceptors (Lipinski definition) is 4. The number of carbonyl (C=O) groups is 1. The number of piperidine rings is 1. The minimum absolute atomic E-state index is 0.158. The van der Waals surface area contributed by atoms with E-state index in [4.69, 9.17) is 11.5 Å². The SMILES string of the molecule is CC(C)(C(N)=O)c1c[nH]c2ncc(Br)c(N3CCCC(N)C3)c12. The molecule has 1 atom stereocenters. The van der Waals surface area contributed by atoms with Crippen LogP contribution in [0.5, 0.6) is 0 Å². The number of H-pyrrole nitrogens is 1. The first-order valence-corrected chi connectivity index (χ1v) is 8.58. The van der Waals surface area contributed by atoms with Crippen LogP contribution in [-0.2, 0) is 10.2 Å². The Morgan fingerprint density at radius 2 is 2.26 bits per heavy atom. The van der Waals surface area contributed by atoms with Gasteiger partial charge in [0.25, 0.3) is 0 Å². The standard InChI is InChI=1S/C16H22BrN5O/c1-16(2,15(19)23)10-6-20-14-12(10)13(11(17)7-21-14)22-5-3-4-9(18)8-22/h6-7,9H,3-5,8,18H2,1-2H3,(H2,19,23)(H,20,21). The minimum Gasteiger partial charge on any atom is -0.369 e. The van der Waals surface area contributed by atoms with Crippen molar-refractivity contribution < 1.29 is 4.79 Å². The second-order valence-electron chi connectivity index (χ2n) is 6.72. The first-order valence-electron chi connectivity index (χ1n) is 7.79. The zero-order valence-electron chi connectivity index (χ0n) is 13.4. The Bertz CT molecular complexity index is 754. The number of hydrogen-bond donors (Lipinski definition) is 3. The summed E-state index contributed by atoms with van der Waals surface area (Å²) in [7, 11) is 0. The highest BCUT2D eigenvalue weighted by Gasteiger charge is 2.33. The molecule has 7 heteroatoms. The number of nitrogens with two attached hydrogens (primary N) is 2. The molecule has 124 valence electrons. The summed E-state index contributed by atoms with van der Waals surface area (Å²) in [4.78, 5) is 21.8. The molecular formula is C16H22BrN5O. The maximum atomic E-state index is 11.9. The van der Waals surface area contributed by atoms with Crippen LogP contribution < -0.4 is 16.4 Å². The fourth-order valence-corrected chi connectivity index (χ4v) is 3.76. The fraction of sp³-hybridized carbons (Fsp3) is 0.500. The highest BCUT2D eigenvalue weighted by molar-refractivity contribution is 9.10. The van der Waals surface area contributed by atoms with Gasteiger partial charge in [-0.3, -0.25) is 4.79 Å². The van der Waals surface area contributed by atoms with E-state index < -0.39 is 5.41 Å². The largest absolute Gasteiger partial charge is 0.369 e. The molecular weight excluding hydrogens is 358 g/mol. The monoisotopic (exact) mass is 379 g/mol. The fourth-order valence-electron chi connectivity index (χ4n) is 3.20. The number of primary amides is 1.